The Morgan fingerprint density at radius 1 is 1.10 bits per heavy atom. The van der Waals surface area contributed by atoms with Crippen LogP contribution in [0, 0.1) is 11.8 Å². The topological polar surface area (TPSA) is 57.7 Å². The van der Waals surface area contributed by atoms with Crippen molar-refractivity contribution in [3.63, 3.8) is 0 Å². The highest BCUT2D eigenvalue weighted by atomic mass is 19.4. The lowest BCUT2D eigenvalue weighted by atomic mass is 9.78. The van der Waals surface area contributed by atoms with Crippen molar-refractivity contribution in [1.82, 2.24) is 4.98 Å². The Kier molecular flexibility index (Phi) is 5.57. The van der Waals surface area contributed by atoms with Gasteiger partial charge >= 0.3 is 12.1 Å². The van der Waals surface area contributed by atoms with Gasteiger partial charge in [0, 0.05) is 29.5 Å². The summed E-state index contributed by atoms with van der Waals surface area (Å²) in [5.41, 5.74) is 4.63. The van der Waals surface area contributed by atoms with Gasteiger partial charge in [0.1, 0.15) is 6.61 Å². The maximum Gasteiger partial charge on any atom is 0.416 e. The molecule has 0 N–H and O–H groups in total. The molecule has 1 spiro atoms. The predicted octanol–water partition coefficient (Wildman–Crippen LogP) is 5.93. The van der Waals surface area contributed by atoms with Crippen LogP contribution < -0.4 is 4.74 Å². The number of hydrogen-bond acceptors (Lipinski definition) is 5. The van der Waals surface area contributed by atoms with Gasteiger partial charge in [0.05, 0.1) is 31.3 Å². The summed E-state index contributed by atoms with van der Waals surface area (Å²) in [7, 11) is 0. The van der Waals surface area contributed by atoms with Crippen LogP contribution in [-0.2, 0) is 38.9 Å². The van der Waals surface area contributed by atoms with Gasteiger partial charge in [-0.1, -0.05) is 36.4 Å². The number of fused-ring (bicyclic) bond motifs is 5. The summed E-state index contributed by atoms with van der Waals surface area (Å²) in [6.07, 6.45) is -1.20. The van der Waals surface area contributed by atoms with E-state index in [9.17, 15) is 18.0 Å². The SMILES string of the molecule is CCOC(=O)[C@H]1[C@@H]2Cc3cc(OCc4ccc5c(c4)C(c4ccccc4C(F)(F)F)CC54COC4)ncc3[C@@H]21. The Morgan fingerprint density at radius 2 is 1.92 bits per heavy atom. The number of carbonyl (C=O) groups is 1. The lowest BCUT2D eigenvalue weighted by molar-refractivity contribution is -0.145. The number of aromatic nitrogens is 1. The molecule has 8 heteroatoms. The van der Waals surface area contributed by atoms with Crippen LogP contribution in [-0.4, -0.2) is 30.8 Å². The van der Waals surface area contributed by atoms with E-state index >= 15 is 0 Å². The minimum absolute atomic E-state index is 0.0581. The molecule has 1 aromatic heterocycles. The Morgan fingerprint density at radius 3 is 2.67 bits per heavy atom. The molecular formula is C31H28F3NO4. The summed E-state index contributed by atoms with van der Waals surface area (Å²) in [6.45, 7) is 3.52. The summed E-state index contributed by atoms with van der Waals surface area (Å²) in [5.74, 6) is 0.437. The number of ether oxygens (including phenoxy) is 3. The fourth-order valence-electron chi connectivity index (χ4n) is 7.11. The van der Waals surface area contributed by atoms with E-state index in [2.05, 4.69) is 4.98 Å². The average molecular weight is 536 g/mol. The number of esters is 1. The minimum Gasteiger partial charge on any atom is -0.473 e. The van der Waals surface area contributed by atoms with Crippen molar-refractivity contribution >= 4 is 5.97 Å². The molecule has 1 aliphatic heterocycles. The van der Waals surface area contributed by atoms with Gasteiger partial charge in [-0.2, -0.15) is 13.2 Å². The third kappa shape index (κ3) is 3.94. The van der Waals surface area contributed by atoms with E-state index in [1.807, 2.05) is 37.4 Å². The van der Waals surface area contributed by atoms with Gasteiger partial charge in [0.15, 0.2) is 0 Å². The van der Waals surface area contributed by atoms with E-state index in [1.54, 1.807) is 12.1 Å². The molecule has 39 heavy (non-hydrogen) atoms. The van der Waals surface area contributed by atoms with E-state index in [-0.39, 0.29) is 41.7 Å². The zero-order chi connectivity index (χ0) is 26.9. The molecule has 2 aromatic carbocycles. The van der Waals surface area contributed by atoms with E-state index < -0.39 is 11.7 Å². The van der Waals surface area contributed by atoms with Gasteiger partial charge in [0.2, 0.25) is 5.88 Å². The molecule has 0 amide bonds. The molecule has 5 nitrogen and oxygen atoms in total. The highest BCUT2D eigenvalue weighted by molar-refractivity contribution is 5.79. The van der Waals surface area contributed by atoms with Crippen molar-refractivity contribution < 1.29 is 32.2 Å². The highest BCUT2D eigenvalue weighted by Crippen LogP contribution is 2.62. The maximum atomic E-state index is 13.9. The van der Waals surface area contributed by atoms with Gasteiger partial charge in [-0.3, -0.25) is 4.79 Å². The highest BCUT2D eigenvalue weighted by Gasteiger charge is 2.60. The van der Waals surface area contributed by atoms with Crippen LogP contribution in [0.3, 0.4) is 0 Å². The van der Waals surface area contributed by atoms with Crippen LogP contribution >= 0.6 is 0 Å². The van der Waals surface area contributed by atoms with E-state index in [1.165, 1.54) is 12.1 Å². The van der Waals surface area contributed by atoms with Crippen molar-refractivity contribution in [2.75, 3.05) is 19.8 Å². The number of rotatable bonds is 6. The number of halogens is 3. The Bertz CT molecular complexity index is 1460. The van der Waals surface area contributed by atoms with Crippen LogP contribution in [0.4, 0.5) is 13.2 Å². The third-order valence-electron chi connectivity index (χ3n) is 8.98. The number of carbonyl (C=O) groups excluding carboxylic acids is 1. The first-order chi connectivity index (χ1) is 18.8. The van der Waals surface area contributed by atoms with Gasteiger partial charge in [0.25, 0.3) is 0 Å². The van der Waals surface area contributed by atoms with E-state index in [0.29, 0.717) is 37.7 Å². The van der Waals surface area contributed by atoms with Gasteiger partial charge in [-0.15, -0.1) is 0 Å². The first-order valence-corrected chi connectivity index (χ1v) is 13.4. The first-order valence-electron chi connectivity index (χ1n) is 13.4. The summed E-state index contributed by atoms with van der Waals surface area (Å²) >= 11 is 0. The second-order valence-electron chi connectivity index (χ2n) is 11.2. The Hall–Kier alpha value is -3.39. The quantitative estimate of drug-likeness (QED) is 0.366. The number of alkyl halides is 3. The van der Waals surface area contributed by atoms with Gasteiger partial charge in [-0.25, -0.2) is 4.98 Å². The molecule has 0 radical (unpaired) electrons. The molecule has 3 aliphatic carbocycles. The average Bonchev–Trinajstić information content (AvgIpc) is 3.31. The molecule has 202 valence electrons. The number of benzene rings is 2. The smallest absolute Gasteiger partial charge is 0.416 e. The summed E-state index contributed by atoms with van der Waals surface area (Å²) in [6, 6.07) is 13.9. The third-order valence-corrected chi connectivity index (χ3v) is 8.98. The van der Waals surface area contributed by atoms with Crippen molar-refractivity contribution in [3.05, 3.63) is 93.7 Å². The number of nitrogens with zero attached hydrogens (tertiary/aromatic N) is 1. The Labute approximate surface area is 224 Å². The molecule has 4 aliphatic rings. The predicted molar refractivity (Wildman–Crippen MR) is 135 cm³/mol. The zero-order valence-corrected chi connectivity index (χ0v) is 21.5. The molecule has 1 saturated carbocycles. The van der Waals surface area contributed by atoms with Crippen LogP contribution in [0.25, 0.3) is 0 Å². The lowest BCUT2D eigenvalue weighted by Gasteiger charge is -2.39. The van der Waals surface area contributed by atoms with E-state index in [0.717, 1.165) is 34.2 Å². The molecule has 7 rings (SSSR count). The second-order valence-corrected chi connectivity index (χ2v) is 11.2. The largest absolute Gasteiger partial charge is 0.473 e. The summed E-state index contributed by atoms with van der Waals surface area (Å²) in [4.78, 5) is 16.6. The molecule has 3 aromatic rings. The van der Waals surface area contributed by atoms with Gasteiger partial charge < -0.3 is 14.2 Å². The zero-order valence-electron chi connectivity index (χ0n) is 21.5. The molecule has 2 fully saturated rings. The standard InChI is InChI=1S/C31H28F3NO4/c1-2-38-29(36)28-21-10-18-11-26(35-13-23(18)27(21)28)39-14-17-7-8-24-20(9-17)22(12-30(24)15-37-16-30)19-5-3-4-6-25(19)31(32,33)34/h3-9,11,13,21-22,27-28H,2,10,12,14-16H2,1H3/t21-,22?,27-,28+/m1/s1. The number of hydrogen-bond donors (Lipinski definition) is 0. The fourth-order valence-corrected chi connectivity index (χ4v) is 7.11. The van der Waals surface area contributed by atoms with Crippen molar-refractivity contribution in [1.29, 1.82) is 0 Å². The monoisotopic (exact) mass is 535 g/mol. The molecule has 1 unspecified atom stereocenters. The van der Waals surface area contributed by atoms with Gasteiger partial charge in [-0.05, 0) is 65.1 Å². The number of pyridine rings is 1. The van der Waals surface area contributed by atoms with E-state index in [4.69, 9.17) is 14.2 Å². The Balaban J connectivity index is 1.12. The molecule has 0 bridgehead atoms. The molecule has 2 heterocycles. The summed E-state index contributed by atoms with van der Waals surface area (Å²) < 4.78 is 58.5. The van der Waals surface area contributed by atoms with Crippen molar-refractivity contribution in [3.8, 4) is 5.88 Å². The van der Waals surface area contributed by atoms with Crippen LogP contribution in [0.5, 0.6) is 5.88 Å². The first kappa shape index (κ1) is 24.6. The van der Waals surface area contributed by atoms with Crippen LogP contribution in [0.15, 0.2) is 54.7 Å². The molecule has 1 saturated heterocycles. The van der Waals surface area contributed by atoms with Crippen molar-refractivity contribution in [2.24, 2.45) is 11.8 Å². The maximum absolute atomic E-state index is 13.9. The lowest BCUT2D eigenvalue weighted by Crippen LogP contribution is -2.45. The normalized spacial score (nSPS) is 25.4. The van der Waals surface area contributed by atoms with Crippen molar-refractivity contribution in [2.45, 2.75) is 49.8 Å². The van der Waals surface area contributed by atoms with Crippen LogP contribution in [0.1, 0.15) is 64.1 Å². The minimum atomic E-state index is -4.42. The second kappa shape index (κ2) is 8.81. The van der Waals surface area contributed by atoms with Crippen LogP contribution in [0.2, 0.25) is 0 Å². The molecular weight excluding hydrogens is 507 g/mol. The molecule has 4 atom stereocenters. The fraction of sp³-hybridized carbons (Fsp3) is 0.419. The summed E-state index contributed by atoms with van der Waals surface area (Å²) in [5, 5.41) is 0.